The molecule has 5 nitrogen and oxygen atoms in total. The molecule has 0 aliphatic carbocycles. The summed E-state index contributed by atoms with van der Waals surface area (Å²) in [6.07, 6.45) is 1.94. The molecule has 0 aromatic heterocycles. The van der Waals surface area contributed by atoms with Crippen LogP contribution >= 0.6 is 0 Å². The third-order valence-electron chi connectivity index (χ3n) is 3.43. The number of hydrogen-bond acceptors (Lipinski definition) is 4. The van der Waals surface area contributed by atoms with Crippen LogP contribution in [0.5, 0.6) is 0 Å². The molecular formula is C15H30N2O3S. The lowest BCUT2D eigenvalue weighted by molar-refractivity contribution is 0.0167. The summed E-state index contributed by atoms with van der Waals surface area (Å²) in [6.45, 7) is 10.8. The lowest BCUT2D eigenvalue weighted by Crippen LogP contribution is -2.45. The molecule has 124 valence electrons. The molecule has 1 N–H and O–H groups in total. The average Bonchev–Trinajstić information content (AvgIpc) is 2.41. The molecule has 0 aromatic carbocycles. The van der Waals surface area contributed by atoms with Gasteiger partial charge in [0.2, 0.25) is 0 Å². The molecule has 21 heavy (non-hydrogen) atoms. The average molecular weight is 318 g/mol. The monoisotopic (exact) mass is 318 g/mol. The van der Waals surface area contributed by atoms with Gasteiger partial charge in [-0.3, -0.25) is 4.21 Å². The number of carbonyl (C=O) groups excluding carboxylic acids is 1. The van der Waals surface area contributed by atoms with E-state index in [9.17, 15) is 9.00 Å². The van der Waals surface area contributed by atoms with Crippen LogP contribution in [-0.2, 0) is 15.5 Å². The van der Waals surface area contributed by atoms with E-state index >= 15 is 0 Å². The molecule has 0 aromatic rings. The van der Waals surface area contributed by atoms with Gasteiger partial charge in [-0.2, -0.15) is 0 Å². The van der Waals surface area contributed by atoms with Crippen molar-refractivity contribution in [2.24, 2.45) is 5.92 Å². The van der Waals surface area contributed by atoms with E-state index in [0.717, 1.165) is 44.8 Å². The van der Waals surface area contributed by atoms with Gasteiger partial charge in [0.25, 0.3) is 0 Å². The van der Waals surface area contributed by atoms with Gasteiger partial charge in [-0.15, -0.1) is 0 Å². The second kappa shape index (κ2) is 8.73. The number of nitrogens with one attached hydrogen (secondary N) is 1. The zero-order valence-electron chi connectivity index (χ0n) is 13.8. The van der Waals surface area contributed by atoms with E-state index in [4.69, 9.17) is 4.74 Å². The SMILES string of the molecule is CCS(=O)CCNCC1CCCN(C(=O)OC(C)(C)C)C1. The van der Waals surface area contributed by atoms with Gasteiger partial charge in [0.05, 0.1) is 0 Å². The number of ether oxygens (including phenoxy) is 1. The predicted molar refractivity (Wildman–Crippen MR) is 87.0 cm³/mol. The standard InChI is InChI=1S/C15H30N2O3S/c1-5-21(19)10-8-16-11-13-7-6-9-17(12-13)14(18)20-15(2,3)4/h13,16H,5-12H2,1-4H3. The minimum absolute atomic E-state index is 0.209. The fraction of sp³-hybridized carbons (Fsp3) is 0.933. The first kappa shape index (κ1) is 18.4. The van der Waals surface area contributed by atoms with Gasteiger partial charge in [0.1, 0.15) is 5.60 Å². The van der Waals surface area contributed by atoms with E-state index in [2.05, 4.69) is 5.32 Å². The van der Waals surface area contributed by atoms with Gasteiger partial charge >= 0.3 is 6.09 Å². The molecule has 0 spiro atoms. The number of likely N-dealkylation sites (tertiary alicyclic amines) is 1. The van der Waals surface area contributed by atoms with Gasteiger partial charge in [-0.1, -0.05) is 6.92 Å². The van der Waals surface area contributed by atoms with Crippen molar-refractivity contribution < 1.29 is 13.7 Å². The molecular weight excluding hydrogens is 288 g/mol. The van der Waals surface area contributed by atoms with Crippen LogP contribution in [0.2, 0.25) is 0 Å². The molecule has 1 aliphatic rings. The molecule has 2 atom stereocenters. The Bertz CT molecular complexity index is 355. The highest BCUT2D eigenvalue weighted by molar-refractivity contribution is 7.84. The van der Waals surface area contributed by atoms with Crippen molar-refractivity contribution in [1.29, 1.82) is 0 Å². The Morgan fingerprint density at radius 2 is 2.14 bits per heavy atom. The van der Waals surface area contributed by atoms with Crippen LogP contribution in [0.25, 0.3) is 0 Å². The number of hydrogen-bond donors (Lipinski definition) is 1. The van der Waals surface area contributed by atoms with Gasteiger partial charge in [0, 0.05) is 41.9 Å². The first-order valence-corrected chi connectivity index (χ1v) is 9.34. The van der Waals surface area contributed by atoms with Crippen LogP contribution in [0.3, 0.4) is 0 Å². The molecule has 1 aliphatic heterocycles. The summed E-state index contributed by atoms with van der Waals surface area (Å²) < 4.78 is 16.8. The van der Waals surface area contributed by atoms with Crippen molar-refractivity contribution in [3.05, 3.63) is 0 Å². The molecule has 1 amide bonds. The lowest BCUT2D eigenvalue weighted by Gasteiger charge is -2.34. The van der Waals surface area contributed by atoms with Crippen molar-refractivity contribution in [3.8, 4) is 0 Å². The maximum atomic E-state index is 12.1. The summed E-state index contributed by atoms with van der Waals surface area (Å²) in [5.41, 5.74) is -0.438. The molecule has 1 heterocycles. The van der Waals surface area contributed by atoms with E-state index in [1.807, 2.05) is 32.6 Å². The quantitative estimate of drug-likeness (QED) is 0.761. The zero-order valence-corrected chi connectivity index (χ0v) is 14.6. The number of carbonyl (C=O) groups is 1. The summed E-state index contributed by atoms with van der Waals surface area (Å²) in [7, 11) is -0.706. The number of rotatable bonds is 6. The Labute approximate surface area is 131 Å². The largest absolute Gasteiger partial charge is 0.444 e. The Kier molecular flexibility index (Phi) is 7.66. The maximum absolute atomic E-state index is 12.1. The number of piperidine rings is 1. The third kappa shape index (κ3) is 7.81. The topological polar surface area (TPSA) is 58.6 Å². The lowest BCUT2D eigenvalue weighted by atomic mass is 9.98. The smallest absolute Gasteiger partial charge is 0.410 e. The van der Waals surface area contributed by atoms with Crippen molar-refractivity contribution in [2.45, 2.75) is 46.1 Å². The first-order valence-electron chi connectivity index (χ1n) is 7.85. The van der Waals surface area contributed by atoms with Crippen molar-refractivity contribution in [1.82, 2.24) is 10.2 Å². The Balaban J connectivity index is 2.28. The summed E-state index contributed by atoms with van der Waals surface area (Å²) >= 11 is 0. The van der Waals surface area contributed by atoms with Crippen LogP contribution in [0.15, 0.2) is 0 Å². The summed E-state index contributed by atoms with van der Waals surface area (Å²) in [6, 6.07) is 0. The Morgan fingerprint density at radius 1 is 1.43 bits per heavy atom. The molecule has 0 radical (unpaired) electrons. The van der Waals surface area contributed by atoms with Crippen LogP contribution in [0, 0.1) is 5.92 Å². The fourth-order valence-electron chi connectivity index (χ4n) is 2.36. The minimum Gasteiger partial charge on any atom is -0.444 e. The van der Waals surface area contributed by atoms with E-state index < -0.39 is 16.4 Å². The highest BCUT2D eigenvalue weighted by Gasteiger charge is 2.27. The van der Waals surface area contributed by atoms with Crippen LogP contribution < -0.4 is 5.32 Å². The molecule has 6 heteroatoms. The van der Waals surface area contributed by atoms with Gasteiger partial charge in [-0.05, 0) is 46.1 Å². The number of nitrogens with zero attached hydrogens (tertiary/aromatic N) is 1. The molecule has 2 unspecified atom stereocenters. The highest BCUT2D eigenvalue weighted by Crippen LogP contribution is 2.18. The van der Waals surface area contributed by atoms with Crippen LogP contribution in [0.1, 0.15) is 40.5 Å². The molecule has 1 fully saturated rings. The van der Waals surface area contributed by atoms with Crippen LogP contribution in [-0.4, -0.2) is 58.5 Å². The third-order valence-corrected chi connectivity index (χ3v) is 4.74. The van der Waals surface area contributed by atoms with Crippen LogP contribution in [0.4, 0.5) is 4.79 Å². The van der Waals surface area contributed by atoms with Gasteiger partial charge in [0.15, 0.2) is 0 Å². The second-order valence-electron chi connectivity index (χ2n) is 6.57. The Hall–Kier alpha value is -0.620. The fourth-order valence-corrected chi connectivity index (χ4v) is 3.02. The molecule has 1 rings (SSSR count). The molecule has 0 saturated carbocycles. The summed E-state index contributed by atoms with van der Waals surface area (Å²) in [4.78, 5) is 13.9. The number of amides is 1. The van der Waals surface area contributed by atoms with Crippen molar-refractivity contribution in [2.75, 3.05) is 37.7 Å². The van der Waals surface area contributed by atoms with Gasteiger partial charge < -0.3 is 15.0 Å². The zero-order chi connectivity index (χ0) is 15.9. The van der Waals surface area contributed by atoms with Crippen molar-refractivity contribution in [3.63, 3.8) is 0 Å². The van der Waals surface area contributed by atoms with E-state index in [1.54, 1.807) is 0 Å². The first-order chi connectivity index (χ1) is 9.81. The molecule has 1 saturated heterocycles. The van der Waals surface area contributed by atoms with Crippen molar-refractivity contribution >= 4 is 16.9 Å². The van der Waals surface area contributed by atoms with E-state index in [1.165, 1.54) is 0 Å². The maximum Gasteiger partial charge on any atom is 0.410 e. The van der Waals surface area contributed by atoms with E-state index in [0.29, 0.717) is 11.7 Å². The minimum atomic E-state index is -0.706. The summed E-state index contributed by atoms with van der Waals surface area (Å²) in [5.74, 6) is 1.89. The predicted octanol–water partition coefficient (Wildman–Crippen LogP) is 1.99. The second-order valence-corrected chi connectivity index (χ2v) is 8.44. The summed E-state index contributed by atoms with van der Waals surface area (Å²) in [5, 5.41) is 3.36. The normalized spacial score (nSPS) is 21.1. The van der Waals surface area contributed by atoms with Gasteiger partial charge in [-0.25, -0.2) is 4.79 Å². The van der Waals surface area contributed by atoms with E-state index in [-0.39, 0.29) is 6.09 Å². The molecule has 0 bridgehead atoms. The Morgan fingerprint density at radius 3 is 2.76 bits per heavy atom. The highest BCUT2D eigenvalue weighted by atomic mass is 32.2.